The number of thioether (sulfide) groups is 1. The third-order valence-corrected chi connectivity index (χ3v) is 3.06. The Bertz CT molecular complexity index is 329. The number of carbonyl (C=O) groups is 1. The Balaban J connectivity index is 2.77. The van der Waals surface area contributed by atoms with Crippen LogP contribution < -0.4 is 5.32 Å². The number of benzene rings is 1. The molecule has 0 aromatic heterocycles. The Kier molecular flexibility index (Phi) is 5.31. The highest BCUT2D eigenvalue weighted by atomic mass is 32.2. The fraction of sp³-hybridized carbons (Fsp3) is 0.364. The van der Waals surface area contributed by atoms with Crippen molar-refractivity contribution >= 4 is 18.2 Å². The SMILES string of the molecule is CSc1ccc(C(O)C(CO)NC=O)cc1. The zero-order valence-corrected chi connectivity index (χ0v) is 9.78. The van der Waals surface area contributed by atoms with Crippen LogP contribution in [0, 0.1) is 0 Å². The van der Waals surface area contributed by atoms with E-state index in [0.717, 1.165) is 4.90 Å². The molecule has 5 heteroatoms. The van der Waals surface area contributed by atoms with Gasteiger partial charge in [-0.3, -0.25) is 4.79 Å². The van der Waals surface area contributed by atoms with Gasteiger partial charge in [-0.15, -0.1) is 11.8 Å². The van der Waals surface area contributed by atoms with Crippen LogP contribution in [0.2, 0.25) is 0 Å². The molecule has 2 atom stereocenters. The molecular weight excluding hydrogens is 226 g/mol. The summed E-state index contributed by atoms with van der Waals surface area (Å²) in [4.78, 5) is 11.4. The maximum Gasteiger partial charge on any atom is 0.207 e. The van der Waals surface area contributed by atoms with E-state index >= 15 is 0 Å². The molecule has 0 aliphatic rings. The minimum Gasteiger partial charge on any atom is -0.394 e. The molecule has 1 aromatic rings. The number of aliphatic hydroxyl groups is 2. The van der Waals surface area contributed by atoms with Gasteiger partial charge in [-0.25, -0.2) is 0 Å². The second-order valence-corrected chi connectivity index (χ2v) is 4.17. The third kappa shape index (κ3) is 3.23. The number of amides is 1. The second kappa shape index (κ2) is 6.52. The van der Waals surface area contributed by atoms with Crippen LogP contribution in [-0.4, -0.2) is 35.5 Å². The van der Waals surface area contributed by atoms with Crippen molar-refractivity contribution in [2.24, 2.45) is 0 Å². The summed E-state index contributed by atoms with van der Waals surface area (Å²) in [5, 5.41) is 21.3. The molecule has 4 nitrogen and oxygen atoms in total. The molecule has 0 aliphatic carbocycles. The molecule has 1 rings (SSSR count). The number of hydrogen-bond donors (Lipinski definition) is 3. The van der Waals surface area contributed by atoms with E-state index in [2.05, 4.69) is 5.32 Å². The van der Waals surface area contributed by atoms with Gasteiger partial charge in [0.05, 0.1) is 12.6 Å². The Hall–Kier alpha value is -1.04. The predicted octanol–water partition coefficient (Wildman–Crippen LogP) is 0.549. The Morgan fingerprint density at radius 3 is 2.50 bits per heavy atom. The number of nitrogens with one attached hydrogen (secondary N) is 1. The van der Waals surface area contributed by atoms with Gasteiger partial charge >= 0.3 is 0 Å². The molecule has 0 fully saturated rings. The Labute approximate surface area is 98.7 Å². The molecule has 0 saturated carbocycles. The summed E-state index contributed by atoms with van der Waals surface area (Å²) in [5.41, 5.74) is 0.672. The van der Waals surface area contributed by atoms with Crippen LogP contribution in [0.25, 0.3) is 0 Å². The molecule has 1 aromatic carbocycles. The number of aliphatic hydroxyl groups excluding tert-OH is 2. The summed E-state index contributed by atoms with van der Waals surface area (Å²) < 4.78 is 0. The maximum absolute atomic E-state index is 10.3. The van der Waals surface area contributed by atoms with Crippen LogP contribution in [0.3, 0.4) is 0 Å². The monoisotopic (exact) mass is 241 g/mol. The molecule has 0 aliphatic heterocycles. The zero-order chi connectivity index (χ0) is 12.0. The van der Waals surface area contributed by atoms with E-state index in [1.807, 2.05) is 18.4 Å². The Morgan fingerprint density at radius 2 is 2.06 bits per heavy atom. The highest BCUT2D eigenvalue weighted by Crippen LogP contribution is 2.20. The first-order chi connectivity index (χ1) is 7.72. The summed E-state index contributed by atoms with van der Waals surface area (Å²) in [6.45, 7) is -0.301. The lowest BCUT2D eigenvalue weighted by molar-refractivity contribution is -0.111. The van der Waals surface area contributed by atoms with E-state index in [4.69, 9.17) is 5.11 Å². The van der Waals surface area contributed by atoms with E-state index in [1.165, 1.54) is 0 Å². The summed E-state index contributed by atoms with van der Waals surface area (Å²) in [5.74, 6) is 0. The van der Waals surface area contributed by atoms with Crippen molar-refractivity contribution in [2.75, 3.05) is 12.9 Å². The Morgan fingerprint density at radius 1 is 1.44 bits per heavy atom. The van der Waals surface area contributed by atoms with Crippen molar-refractivity contribution in [1.82, 2.24) is 5.32 Å². The van der Waals surface area contributed by atoms with Gasteiger partial charge in [-0.05, 0) is 24.0 Å². The largest absolute Gasteiger partial charge is 0.394 e. The first kappa shape index (κ1) is 13.0. The van der Waals surface area contributed by atoms with Gasteiger partial charge in [0.1, 0.15) is 6.10 Å². The first-order valence-corrected chi connectivity index (χ1v) is 6.08. The van der Waals surface area contributed by atoms with Crippen molar-refractivity contribution in [3.05, 3.63) is 29.8 Å². The molecule has 16 heavy (non-hydrogen) atoms. The van der Waals surface area contributed by atoms with E-state index in [-0.39, 0.29) is 6.61 Å². The highest BCUT2D eigenvalue weighted by molar-refractivity contribution is 7.98. The van der Waals surface area contributed by atoms with Gasteiger partial charge < -0.3 is 15.5 Å². The highest BCUT2D eigenvalue weighted by Gasteiger charge is 2.19. The summed E-state index contributed by atoms with van der Waals surface area (Å²) in [6.07, 6.45) is 1.54. The lowest BCUT2D eigenvalue weighted by Crippen LogP contribution is -2.37. The molecular formula is C11H15NO3S. The van der Waals surface area contributed by atoms with Crippen molar-refractivity contribution in [3.63, 3.8) is 0 Å². The van der Waals surface area contributed by atoms with Gasteiger partial charge in [-0.2, -0.15) is 0 Å². The molecule has 0 bridgehead atoms. The van der Waals surface area contributed by atoms with Crippen molar-refractivity contribution in [2.45, 2.75) is 17.0 Å². The molecule has 0 radical (unpaired) electrons. The average Bonchev–Trinajstić information content (AvgIpc) is 2.35. The molecule has 0 heterocycles. The molecule has 2 unspecified atom stereocenters. The first-order valence-electron chi connectivity index (χ1n) is 4.85. The van der Waals surface area contributed by atoms with Gasteiger partial charge in [0.15, 0.2) is 0 Å². The molecule has 0 saturated heterocycles. The van der Waals surface area contributed by atoms with Crippen LogP contribution in [0.1, 0.15) is 11.7 Å². The molecule has 0 spiro atoms. The average molecular weight is 241 g/mol. The quantitative estimate of drug-likeness (QED) is 0.502. The van der Waals surface area contributed by atoms with Crippen molar-refractivity contribution in [3.8, 4) is 0 Å². The maximum atomic E-state index is 10.3. The fourth-order valence-electron chi connectivity index (χ4n) is 1.36. The van der Waals surface area contributed by atoms with Crippen LogP contribution in [-0.2, 0) is 4.79 Å². The summed E-state index contributed by atoms with van der Waals surface area (Å²) >= 11 is 1.61. The number of carbonyl (C=O) groups excluding carboxylic acids is 1. The van der Waals surface area contributed by atoms with E-state index in [0.29, 0.717) is 12.0 Å². The number of rotatable bonds is 6. The number of hydrogen-bond acceptors (Lipinski definition) is 4. The van der Waals surface area contributed by atoms with E-state index in [9.17, 15) is 9.90 Å². The molecule has 1 amide bonds. The molecule has 3 N–H and O–H groups in total. The van der Waals surface area contributed by atoms with Crippen LogP contribution in [0.4, 0.5) is 0 Å². The minimum atomic E-state index is -0.897. The van der Waals surface area contributed by atoms with Crippen LogP contribution >= 0.6 is 11.8 Å². The zero-order valence-electron chi connectivity index (χ0n) is 8.96. The minimum absolute atomic E-state index is 0.301. The third-order valence-electron chi connectivity index (χ3n) is 2.32. The van der Waals surface area contributed by atoms with Gasteiger partial charge in [0, 0.05) is 4.90 Å². The van der Waals surface area contributed by atoms with Crippen molar-refractivity contribution < 1.29 is 15.0 Å². The summed E-state index contributed by atoms with van der Waals surface area (Å²) in [7, 11) is 0. The topological polar surface area (TPSA) is 69.6 Å². The lowest BCUT2D eigenvalue weighted by Gasteiger charge is -2.20. The predicted molar refractivity (Wildman–Crippen MR) is 63.3 cm³/mol. The van der Waals surface area contributed by atoms with Gasteiger partial charge in [0.2, 0.25) is 6.41 Å². The van der Waals surface area contributed by atoms with Crippen LogP contribution in [0.15, 0.2) is 29.2 Å². The van der Waals surface area contributed by atoms with Crippen molar-refractivity contribution in [1.29, 1.82) is 0 Å². The second-order valence-electron chi connectivity index (χ2n) is 3.29. The standard InChI is InChI=1S/C11H15NO3S/c1-16-9-4-2-8(3-5-9)11(15)10(6-13)12-7-14/h2-5,7,10-11,13,15H,6H2,1H3,(H,12,14). The molecule has 88 valence electrons. The smallest absolute Gasteiger partial charge is 0.207 e. The lowest BCUT2D eigenvalue weighted by atomic mass is 10.0. The van der Waals surface area contributed by atoms with E-state index < -0.39 is 12.1 Å². The van der Waals surface area contributed by atoms with Crippen LogP contribution in [0.5, 0.6) is 0 Å². The van der Waals surface area contributed by atoms with Gasteiger partial charge in [0.25, 0.3) is 0 Å². The summed E-state index contributed by atoms with van der Waals surface area (Å²) in [6, 6.07) is 6.67. The van der Waals surface area contributed by atoms with E-state index in [1.54, 1.807) is 23.9 Å². The normalized spacial score (nSPS) is 14.2. The van der Waals surface area contributed by atoms with Gasteiger partial charge in [-0.1, -0.05) is 12.1 Å². The fourth-order valence-corrected chi connectivity index (χ4v) is 1.77.